The normalized spacial score (nSPS) is 10.5. The fourth-order valence-corrected chi connectivity index (χ4v) is 2.05. The van der Waals surface area contributed by atoms with Crippen LogP contribution in [0.3, 0.4) is 0 Å². The number of esters is 1. The number of carbonyl (C=O) groups excluding carboxylic acids is 2. The number of nitrogens with zero attached hydrogens (tertiary/aromatic N) is 1. The molecule has 0 bridgehead atoms. The van der Waals surface area contributed by atoms with Gasteiger partial charge in [-0.3, -0.25) is 9.59 Å². The lowest BCUT2D eigenvalue weighted by Crippen LogP contribution is -2.29. The quantitative estimate of drug-likeness (QED) is 0.850. The Morgan fingerprint density at radius 2 is 2.05 bits per heavy atom. The maximum Gasteiger partial charge on any atom is 0.307 e. The van der Waals surface area contributed by atoms with Crippen LogP contribution < -0.4 is 0 Å². The van der Waals surface area contributed by atoms with Crippen molar-refractivity contribution in [2.45, 2.75) is 13.3 Å². The van der Waals surface area contributed by atoms with Gasteiger partial charge in [-0.25, -0.2) is 0 Å². The molecule has 0 fully saturated rings. The third kappa shape index (κ3) is 2.99. The number of benzene rings is 1. The number of ether oxygens (including phenoxy) is 1. The summed E-state index contributed by atoms with van der Waals surface area (Å²) in [6.07, 6.45) is 1.91. The number of H-pyrrole nitrogens is 1. The lowest BCUT2D eigenvalue weighted by atomic mass is 10.1. The molecule has 5 nitrogen and oxygen atoms in total. The van der Waals surface area contributed by atoms with Gasteiger partial charge in [0.05, 0.1) is 18.6 Å². The number of aromatic amines is 1. The summed E-state index contributed by atoms with van der Waals surface area (Å²) in [4.78, 5) is 28.3. The molecule has 1 heterocycles. The second-order valence-corrected chi connectivity index (χ2v) is 4.53. The van der Waals surface area contributed by atoms with Gasteiger partial charge in [0.25, 0.3) is 5.91 Å². The highest BCUT2D eigenvalue weighted by Crippen LogP contribution is 2.18. The summed E-state index contributed by atoms with van der Waals surface area (Å²) >= 11 is 0. The van der Waals surface area contributed by atoms with Gasteiger partial charge in [0, 0.05) is 30.7 Å². The minimum Gasteiger partial charge on any atom is -0.466 e. The van der Waals surface area contributed by atoms with Crippen LogP contribution in [0.15, 0.2) is 30.5 Å². The minimum atomic E-state index is -0.286. The van der Waals surface area contributed by atoms with Gasteiger partial charge in [-0.05, 0) is 13.0 Å². The third-order valence-corrected chi connectivity index (χ3v) is 3.12. The first kappa shape index (κ1) is 14.1. The van der Waals surface area contributed by atoms with Gasteiger partial charge >= 0.3 is 5.97 Å². The highest BCUT2D eigenvalue weighted by Gasteiger charge is 2.16. The summed E-state index contributed by atoms with van der Waals surface area (Å²) in [7, 11) is 1.68. The minimum absolute atomic E-state index is 0.105. The van der Waals surface area contributed by atoms with Crippen molar-refractivity contribution in [3.8, 4) is 0 Å². The molecule has 1 N–H and O–H groups in total. The molecular formula is C15H18N2O3. The molecule has 0 radical (unpaired) electrons. The van der Waals surface area contributed by atoms with Crippen molar-refractivity contribution in [3.05, 3.63) is 36.0 Å². The van der Waals surface area contributed by atoms with Crippen LogP contribution in [0.5, 0.6) is 0 Å². The highest BCUT2D eigenvalue weighted by molar-refractivity contribution is 6.06. The maximum absolute atomic E-state index is 12.3. The molecular weight excluding hydrogens is 256 g/mol. The third-order valence-electron chi connectivity index (χ3n) is 3.12. The van der Waals surface area contributed by atoms with Gasteiger partial charge in [-0.15, -0.1) is 0 Å². The number of amides is 1. The van der Waals surface area contributed by atoms with Gasteiger partial charge in [0.2, 0.25) is 0 Å². The molecule has 0 atom stereocenters. The Balaban J connectivity index is 2.05. The predicted molar refractivity (Wildman–Crippen MR) is 76.5 cm³/mol. The van der Waals surface area contributed by atoms with Crippen molar-refractivity contribution in [3.63, 3.8) is 0 Å². The fraction of sp³-hybridized carbons (Fsp3) is 0.333. The SMILES string of the molecule is CCOC(=O)CCN(C)C(=O)c1c[nH]c2ccccc12. The number of hydrogen-bond acceptors (Lipinski definition) is 3. The predicted octanol–water partition coefficient (Wildman–Crippen LogP) is 2.19. The molecule has 0 saturated heterocycles. The Morgan fingerprint density at radius 1 is 1.30 bits per heavy atom. The molecule has 0 unspecified atom stereocenters. The van der Waals surface area contributed by atoms with Crippen molar-refractivity contribution in [2.75, 3.05) is 20.2 Å². The summed E-state index contributed by atoms with van der Waals surface area (Å²) in [5.74, 6) is -0.391. The first-order valence-electron chi connectivity index (χ1n) is 6.60. The second kappa shape index (κ2) is 6.23. The van der Waals surface area contributed by atoms with Crippen LogP contribution in [-0.2, 0) is 9.53 Å². The van der Waals surface area contributed by atoms with Crippen LogP contribution in [0.4, 0.5) is 0 Å². The van der Waals surface area contributed by atoms with E-state index in [-0.39, 0.29) is 18.3 Å². The lowest BCUT2D eigenvalue weighted by Gasteiger charge is -2.16. The van der Waals surface area contributed by atoms with Gasteiger partial charge in [-0.1, -0.05) is 18.2 Å². The Kier molecular flexibility index (Phi) is 4.40. The number of hydrogen-bond donors (Lipinski definition) is 1. The maximum atomic E-state index is 12.3. The van der Waals surface area contributed by atoms with E-state index in [1.54, 1.807) is 20.2 Å². The summed E-state index contributed by atoms with van der Waals surface area (Å²) in [6.45, 7) is 2.47. The zero-order chi connectivity index (χ0) is 14.5. The van der Waals surface area contributed by atoms with Crippen LogP contribution in [0, 0.1) is 0 Å². The molecule has 106 valence electrons. The monoisotopic (exact) mass is 274 g/mol. The zero-order valence-corrected chi connectivity index (χ0v) is 11.7. The molecule has 0 saturated carbocycles. The van der Waals surface area contributed by atoms with Gasteiger partial charge in [0.15, 0.2) is 0 Å². The van der Waals surface area contributed by atoms with Crippen LogP contribution in [-0.4, -0.2) is 42.0 Å². The number of nitrogens with one attached hydrogen (secondary N) is 1. The van der Waals surface area contributed by atoms with Crippen LogP contribution in [0.2, 0.25) is 0 Å². The van der Waals surface area contributed by atoms with Crippen LogP contribution >= 0.6 is 0 Å². The molecule has 2 aromatic rings. The van der Waals surface area contributed by atoms with E-state index in [9.17, 15) is 9.59 Å². The standard InChI is InChI=1S/C15H18N2O3/c1-3-20-14(18)8-9-17(2)15(19)12-10-16-13-7-5-4-6-11(12)13/h4-7,10,16H,3,8-9H2,1-2H3. The zero-order valence-electron chi connectivity index (χ0n) is 11.7. The Labute approximate surface area is 117 Å². The van der Waals surface area contributed by atoms with Crippen molar-refractivity contribution in [1.82, 2.24) is 9.88 Å². The molecule has 1 aromatic carbocycles. The van der Waals surface area contributed by atoms with E-state index in [0.717, 1.165) is 10.9 Å². The Morgan fingerprint density at radius 3 is 2.80 bits per heavy atom. The largest absolute Gasteiger partial charge is 0.466 e. The molecule has 2 rings (SSSR count). The van der Waals surface area contributed by atoms with Gasteiger partial charge < -0.3 is 14.6 Å². The van der Waals surface area contributed by atoms with Crippen molar-refractivity contribution in [1.29, 1.82) is 0 Å². The van der Waals surface area contributed by atoms with Gasteiger partial charge in [0.1, 0.15) is 0 Å². The molecule has 0 aliphatic carbocycles. The average Bonchev–Trinajstić information content (AvgIpc) is 2.88. The Hall–Kier alpha value is -2.30. The fourth-order valence-electron chi connectivity index (χ4n) is 2.05. The average molecular weight is 274 g/mol. The van der Waals surface area contributed by atoms with E-state index in [4.69, 9.17) is 4.74 Å². The van der Waals surface area contributed by atoms with Crippen molar-refractivity contribution < 1.29 is 14.3 Å². The first-order chi connectivity index (χ1) is 9.63. The molecule has 0 aliphatic rings. The van der Waals surface area contributed by atoms with Crippen LogP contribution in [0.25, 0.3) is 10.9 Å². The number of para-hydroxylation sites is 1. The van der Waals surface area contributed by atoms with Crippen molar-refractivity contribution >= 4 is 22.8 Å². The lowest BCUT2D eigenvalue weighted by molar-refractivity contribution is -0.143. The van der Waals surface area contributed by atoms with E-state index in [2.05, 4.69) is 4.98 Å². The number of carbonyl (C=O) groups is 2. The second-order valence-electron chi connectivity index (χ2n) is 4.53. The Bertz CT molecular complexity index is 618. The number of fused-ring (bicyclic) bond motifs is 1. The van der Waals surface area contributed by atoms with E-state index in [1.807, 2.05) is 24.3 Å². The highest BCUT2D eigenvalue weighted by atomic mass is 16.5. The molecule has 1 amide bonds. The number of aromatic nitrogens is 1. The molecule has 1 aromatic heterocycles. The summed E-state index contributed by atoms with van der Waals surface area (Å²) in [5, 5.41) is 0.889. The molecule has 20 heavy (non-hydrogen) atoms. The molecule has 5 heteroatoms. The van der Waals surface area contributed by atoms with E-state index in [1.165, 1.54) is 4.90 Å². The van der Waals surface area contributed by atoms with Crippen LogP contribution in [0.1, 0.15) is 23.7 Å². The van der Waals surface area contributed by atoms with E-state index < -0.39 is 0 Å². The molecule has 0 aliphatic heterocycles. The van der Waals surface area contributed by atoms with E-state index >= 15 is 0 Å². The number of rotatable bonds is 5. The van der Waals surface area contributed by atoms with E-state index in [0.29, 0.717) is 18.7 Å². The first-order valence-corrected chi connectivity index (χ1v) is 6.60. The van der Waals surface area contributed by atoms with Crippen molar-refractivity contribution in [2.24, 2.45) is 0 Å². The summed E-state index contributed by atoms with van der Waals surface area (Å²) in [5.41, 5.74) is 1.54. The smallest absolute Gasteiger partial charge is 0.307 e. The topological polar surface area (TPSA) is 62.4 Å². The summed E-state index contributed by atoms with van der Waals surface area (Å²) < 4.78 is 4.85. The van der Waals surface area contributed by atoms with Gasteiger partial charge in [-0.2, -0.15) is 0 Å². The summed E-state index contributed by atoms with van der Waals surface area (Å²) in [6, 6.07) is 7.63. The molecule has 0 spiro atoms.